The van der Waals surface area contributed by atoms with Crippen LogP contribution in [-0.4, -0.2) is 0 Å². The van der Waals surface area contributed by atoms with Crippen molar-refractivity contribution < 1.29 is 0 Å². The Hall–Kier alpha value is 0. The summed E-state index contributed by atoms with van der Waals surface area (Å²) in [5, 5.41) is 0. The second kappa shape index (κ2) is 0. The molecule has 0 N–H and O–H groups in total. The third kappa shape index (κ3) is 0. The lowest BCUT2D eigenvalue weighted by Crippen LogP contribution is 0.143. The second-order valence-corrected chi connectivity index (χ2v) is 0. The van der Waals surface area contributed by atoms with E-state index in [0.717, 1.165) is 0 Å². The Bertz CT molecular complexity index is 0. The van der Waals surface area contributed by atoms with Crippen LogP contribution in [0.1, 0.15) is 1020 Å². The summed E-state index contributed by atoms with van der Waals surface area (Å²) in [5.41, 5.74) is 0. The van der Waals surface area contributed by atoms with Gasteiger partial charge < -0.3 is 0 Å². The highest BCUT2D eigenvalue weighted by Crippen LogP contribution is 0.280. The molecule has 0 spiro atoms. The second-order valence-electron chi connectivity index (χ2n) is 0. The van der Waals surface area contributed by atoms with E-state index in [-0.39, 0.29) is 1020 Å². The van der Waals surface area contributed by atoms with Crippen molar-refractivity contribution in [3.05, 3.63) is 0 Å². The monoisotopic (exact) mass is 2200 g/mol. The maximum Gasteiger partial charge on any atom is -0.0776 e. The first-order valence-corrected chi connectivity index (χ1v) is 0. The Balaban J connectivity index is 0. The molecule has 1096 valence electrons. The maximum atomic E-state index is 0. The normalized spacial score (nSPS) is 0. The van der Waals surface area contributed by atoms with Gasteiger partial charge in [0.25, 0.3) is 0 Å². The Morgan fingerprint density at radius 2 is 0.00730 bits per heavy atom. The summed E-state index contributed by atoms with van der Waals surface area (Å²) in [6.45, 7) is 0. The Labute approximate surface area is 1010 Å². The quantitative estimate of drug-likeness (QED) is 0.227. The van der Waals surface area contributed by atoms with Gasteiger partial charge in [-0.2, -0.15) is 0 Å². The van der Waals surface area contributed by atoms with Crippen LogP contribution < -0.4 is 0 Å². The summed E-state index contributed by atoms with van der Waals surface area (Å²) in [6.07, 6.45) is 0. The van der Waals surface area contributed by atoms with Gasteiger partial charge >= 0.3 is 0 Å². The van der Waals surface area contributed by atoms with Gasteiger partial charge in [0.1, 0.15) is 0 Å². The maximum absolute atomic E-state index is 0. The van der Waals surface area contributed by atoms with Crippen LogP contribution in [0.15, 0.2) is 0 Å². The molecule has 0 saturated heterocycles. The third-order valence-corrected chi connectivity index (χ3v) is 0. The van der Waals surface area contributed by atoms with Crippen LogP contribution in [-0.2, 0) is 0 Å². The Kier molecular flexibility index (Phi) is 0. The predicted octanol–water partition coefficient (Wildman–Crippen LogP) is 87.1. The van der Waals surface area contributed by atoms with Gasteiger partial charge in [0.15, 0.2) is 0 Å². The van der Waals surface area contributed by atoms with E-state index in [4.69, 9.17) is 0 Å². The van der Waals surface area contributed by atoms with Crippen LogP contribution in [0.3, 0.4) is 0 Å². The number of rotatable bonds is 0. The van der Waals surface area contributed by atoms with E-state index in [2.05, 4.69) is 0 Å². The SMILES string of the molecule is C.C.C.C.C.C.C.C.C.C.C.C.C.C.C.C.C.C.C.C.C.C.C.C.C.C.C.C.C.C.C.C.C.C.C.C.C.C.C.C.C.C.C.C.C.C.C.C.C.C.C.C.C.C.C.C.C.C.C.C.C.C.C.C.C.C.C.C.C.C.C.C.C.C.C.C.C.C.C.C.C.C.C.C.C.C.C.C.C.C.C.C.C.C.C.C.C.C.C.C.C.C.C.C.C.C.C.C.C.C.C.C.C.C.C.C.C.C.C.C.C.C.C.C.C.C.C.C.C.C.C.C.C.C.C.C.C. The van der Waals surface area contributed by atoms with E-state index in [1.54, 1.807) is 0 Å². The van der Waals surface area contributed by atoms with E-state index in [0.29, 0.717) is 0 Å². The van der Waals surface area contributed by atoms with E-state index < -0.39 is 0 Å². The standard InChI is InChI=1S/137CH4/h137*1H4. The van der Waals surface area contributed by atoms with E-state index >= 15 is 0 Å². The van der Waals surface area contributed by atoms with Gasteiger partial charge in [-0.1, -0.05) is 1020 Å². The predicted molar refractivity (Wildman–Crippen MR) is 922 cm³/mol. The fraction of sp³-hybridized carbons (Fsp3) is 1.00. The van der Waals surface area contributed by atoms with Crippen molar-refractivity contribution in [1.82, 2.24) is 0 Å². The molecule has 0 saturated carbocycles. The van der Waals surface area contributed by atoms with Crippen molar-refractivity contribution in [3.8, 4) is 0 Å². The van der Waals surface area contributed by atoms with Crippen molar-refractivity contribution in [2.24, 2.45) is 0 Å². The lowest BCUT2D eigenvalue weighted by atomic mass is 12.0. The molecule has 0 aliphatic carbocycles. The lowest BCUT2D eigenvalue weighted by molar-refractivity contribution is 2.50. The minimum absolute atomic E-state index is 0. The summed E-state index contributed by atoms with van der Waals surface area (Å²) in [7, 11) is 0. The molecule has 0 fully saturated rings. The van der Waals surface area contributed by atoms with Crippen molar-refractivity contribution in [1.29, 1.82) is 0 Å². The largest absolute Gasteiger partial charge is 0.0776 e. The van der Waals surface area contributed by atoms with E-state index in [1.807, 2.05) is 0 Å². The average molecular weight is 2200 g/mol. The third-order valence-electron chi connectivity index (χ3n) is 0. The molecule has 0 radical (unpaired) electrons. The molecule has 137 heavy (non-hydrogen) atoms. The van der Waals surface area contributed by atoms with Crippen LogP contribution in [0.5, 0.6) is 0 Å². The molecule has 0 atom stereocenters. The van der Waals surface area contributed by atoms with Crippen molar-refractivity contribution in [2.45, 2.75) is 1020 Å². The fourth-order valence-corrected chi connectivity index (χ4v) is 0. The highest BCUT2D eigenvalue weighted by molar-refractivity contribution is 2.64. The molecular formula is C137H548. The van der Waals surface area contributed by atoms with Gasteiger partial charge in [-0.25, -0.2) is 0 Å². The van der Waals surface area contributed by atoms with Gasteiger partial charge in [0, 0.05) is 0 Å². The summed E-state index contributed by atoms with van der Waals surface area (Å²) in [5.74, 6) is 0. The summed E-state index contributed by atoms with van der Waals surface area (Å²) in [4.78, 5) is 0. The topological polar surface area (TPSA) is 0 Å². The first kappa shape index (κ1) is 0. The molecule has 0 aliphatic heterocycles. The van der Waals surface area contributed by atoms with Crippen LogP contribution in [0.4, 0.5) is 0 Å². The van der Waals surface area contributed by atoms with Gasteiger partial charge in [-0.05, 0) is 0 Å². The Morgan fingerprint density at radius 3 is 0.00730 bits per heavy atom. The van der Waals surface area contributed by atoms with Gasteiger partial charge in [-0.15, -0.1) is 0 Å². The number of hydrogen-bond acceptors (Lipinski definition) is 0. The molecule has 0 bridgehead atoms. The molecule has 0 amide bonds. The molecule has 0 heterocycles. The van der Waals surface area contributed by atoms with Gasteiger partial charge in [0.2, 0.25) is 0 Å². The molecule has 0 aromatic rings. The zero-order chi connectivity index (χ0) is 0. The van der Waals surface area contributed by atoms with Crippen molar-refractivity contribution >= 4 is 0 Å². The zero-order valence-electron chi connectivity index (χ0n) is 0. The lowest BCUT2D eigenvalue weighted by Gasteiger charge is -0.0786. The highest BCUT2D eigenvalue weighted by atomic mass is 12.1. The molecule has 0 aromatic carbocycles. The fourth-order valence-electron chi connectivity index (χ4n) is 0. The molecule has 0 nitrogen and oxygen atoms in total. The summed E-state index contributed by atoms with van der Waals surface area (Å²) in [6, 6.07) is 0. The highest BCUT2D eigenvalue weighted by Gasteiger charge is 0.0584. The smallest absolute Gasteiger partial charge is 0.0776 e. The van der Waals surface area contributed by atoms with Gasteiger partial charge in [0.05, 0.1) is 0 Å². The van der Waals surface area contributed by atoms with Gasteiger partial charge in [-0.3, -0.25) is 0 Å². The minimum Gasteiger partial charge on any atom is -0.0776 e. The first-order chi connectivity index (χ1) is 0. The van der Waals surface area contributed by atoms with Crippen LogP contribution in [0.2, 0.25) is 0 Å². The van der Waals surface area contributed by atoms with Crippen molar-refractivity contribution in [3.63, 3.8) is 0 Å². The number of hydrogen-bond donors (Lipinski definition) is 0. The molecular weight excluding hydrogens is 1650 g/mol. The zero-order valence-corrected chi connectivity index (χ0v) is 0. The summed E-state index contributed by atoms with van der Waals surface area (Å²) < 4.78 is 0. The molecule has 0 unspecified atom stereocenters. The van der Waals surface area contributed by atoms with Crippen LogP contribution >= 0.6 is 0 Å². The molecule has 0 aromatic heterocycles. The summed E-state index contributed by atoms with van der Waals surface area (Å²) >= 11 is 0. The van der Waals surface area contributed by atoms with Crippen LogP contribution in [0, 0.1) is 0 Å². The van der Waals surface area contributed by atoms with E-state index in [9.17, 15) is 0 Å². The van der Waals surface area contributed by atoms with E-state index in [1.165, 1.54) is 0 Å². The minimum atomic E-state index is 0. The Morgan fingerprint density at radius 1 is 0.00730 bits per heavy atom. The van der Waals surface area contributed by atoms with Crippen molar-refractivity contribution in [2.75, 3.05) is 0 Å². The first-order valence-electron chi connectivity index (χ1n) is 0. The molecule has 0 heteroatoms. The molecule has 0 rings (SSSR count). The molecule has 0 aliphatic rings. The van der Waals surface area contributed by atoms with Crippen LogP contribution in [0.25, 0.3) is 0 Å². The average Bonchev–Trinajstić information content (AvgIpc) is 0.